The molecule has 0 heterocycles. The molecule has 1 saturated carbocycles. The zero-order valence-electron chi connectivity index (χ0n) is 10.1. The predicted octanol–water partition coefficient (Wildman–Crippen LogP) is 2.93. The molecule has 2 nitrogen and oxygen atoms in total. The van der Waals surface area contributed by atoms with Crippen LogP contribution in [0.5, 0.6) is 0 Å². The SMILES string of the molecule is C=Cc1ccc(CC(=O)NC2CCCC2)cc1. The molecular formula is C15H19NO. The first kappa shape index (κ1) is 11.9. The summed E-state index contributed by atoms with van der Waals surface area (Å²) in [5.74, 6) is 0.142. The van der Waals surface area contributed by atoms with Crippen molar-refractivity contribution in [2.24, 2.45) is 0 Å². The Kier molecular flexibility index (Phi) is 3.97. The molecule has 1 amide bonds. The number of hydrogen-bond donors (Lipinski definition) is 1. The summed E-state index contributed by atoms with van der Waals surface area (Å²) >= 11 is 0. The van der Waals surface area contributed by atoms with Crippen molar-refractivity contribution in [3.05, 3.63) is 42.0 Å². The average Bonchev–Trinajstić information content (AvgIpc) is 2.82. The first-order valence-corrected chi connectivity index (χ1v) is 6.28. The summed E-state index contributed by atoms with van der Waals surface area (Å²) in [7, 11) is 0. The first-order chi connectivity index (χ1) is 8.28. The van der Waals surface area contributed by atoms with Crippen LogP contribution in [0.1, 0.15) is 36.8 Å². The molecule has 0 bridgehead atoms. The molecule has 0 radical (unpaired) electrons. The van der Waals surface area contributed by atoms with Crippen LogP contribution < -0.4 is 5.32 Å². The summed E-state index contributed by atoms with van der Waals surface area (Å²) in [6.45, 7) is 3.71. The van der Waals surface area contributed by atoms with E-state index in [9.17, 15) is 4.79 Å². The van der Waals surface area contributed by atoms with Gasteiger partial charge in [0.1, 0.15) is 0 Å². The average molecular weight is 229 g/mol. The molecule has 1 aromatic carbocycles. The monoisotopic (exact) mass is 229 g/mol. The Hall–Kier alpha value is -1.57. The van der Waals surface area contributed by atoms with E-state index in [-0.39, 0.29) is 5.91 Å². The number of rotatable bonds is 4. The van der Waals surface area contributed by atoms with Crippen molar-refractivity contribution in [1.82, 2.24) is 5.32 Å². The fourth-order valence-electron chi connectivity index (χ4n) is 2.31. The van der Waals surface area contributed by atoms with E-state index in [1.807, 2.05) is 30.3 Å². The highest BCUT2D eigenvalue weighted by molar-refractivity contribution is 5.79. The minimum Gasteiger partial charge on any atom is -0.353 e. The first-order valence-electron chi connectivity index (χ1n) is 6.28. The van der Waals surface area contributed by atoms with Gasteiger partial charge in [-0.2, -0.15) is 0 Å². The van der Waals surface area contributed by atoms with Crippen LogP contribution in [0.25, 0.3) is 6.08 Å². The molecule has 2 rings (SSSR count). The van der Waals surface area contributed by atoms with Crippen molar-refractivity contribution in [3.8, 4) is 0 Å². The van der Waals surface area contributed by atoms with Crippen molar-refractivity contribution in [1.29, 1.82) is 0 Å². The quantitative estimate of drug-likeness (QED) is 0.845. The van der Waals surface area contributed by atoms with E-state index in [1.165, 1.54) is 12.8 Å². The molecule has 1 aliphatic rings. The Morgan fingerprint density at radius 3 is 2.53 bits per heavy atom. The van der Waals surface area contributed by atoms with E-state index in [1.54, 1.807) is 0 Å². The van der Waals surface area contributed by atoms with Gasteiger partial charge in [0.2, 0.25) is 5.91 Å². The van der Waals surface area contributed by atoms with Crippen molar-refractivity contribution >= 4 is 12.0 Å². The Balaban J connectivity index is 1.86. The number of carbonyl (C=O) groups is 1. The summed E-state index contributed by atoms with van der Waals surface area (Å²) in [4.78, 5) is 11.8. The number of benzene rings is 1. The maximum absolute atomic E-state index is 11.8. The lowest BCUT2D eigenvalue weighted by Gasteiger charge is -2.11. The lowest BCUT2D eigenvalue weighted by Crippen LogP contribution is -2.33. The van der Waals surface area contributed by atoms with Gasteiger partial charge >= 0.3 is 0 Å². The van der Waals surface area contributed by atoms with Crippen molar-refractivity contribution < 1.29 is 4.79 Å². The summed E-state index contributed by atoms with van der Waals surface area (Å²) in [6, 6.07) is 8.38. The molecule has 0 aliphatic heterocycles. The Bertz CT molecular complexity index is 388. The maximum Gasteiger partial charge on any atom is 0.224 e. The summed E-state index contributed by atoms with van der Waals surface area (Å²) in [6.07, 6.45) is 7.07. The second kappa shape index (κ2) is 5.67. The van der Waals surface area contributed by atoms with Crippen molar-refractivity contribution in [3.63, 3.8) is 0 Å². The van der Waals surface area contributed by atoms with Gasteiger partial charge in [-0.15, -0.1) is 0 Å². The minimum absolute atomic E-state index is 0.142. The lowest BCUT2D eigenvalue weighted by atomic mass is 10.1. The largest absolute Gasteiger partial charge is 0.353 e. The summed E-state index contributed by atoms with van der Waals surface area (Å²) in [5, 5.41) is 3.10. The van der Waals surface area contributed by atoms with Gasteiger partial charge in [0, 0.05) is 6.04 Å². The molecule has 17 heavy (non-hydrogen) atoms. The van der Waals surface area contributed by atoms with Crippen LogP contribution in [0.2, 0.25) is 0 Å². The molecule has 0 atom stereocenters. The Morgan fingerprint density at radius 2 is 1.94 bits per heavy atom. The van der Waals surface area contributed by atoms with E-state index < -0.39 is 0 Å². The number of nitrogens with one attached hydrogen (secondary N) is 1. The van der Waals surface area contributed by atoms with Gasteiger partial charge in [-0.05, 0) is 24.0 Å². The molecule has 0 unspecified atom stereocenters. The Morgan fingerprint density at radius 1 is 1.29 bits per heavy atom. The number of carbonyl (C=O) groups excluding carboxylic acids is 1. The normalized spacial score (nSPS) is 15.8. The molecule has 1 fully saturated rings. The van der Waals surface area contributed by atoms with Crippen LogP contribution in [-0.4, -0.2) is 11.9 Å². The van der Waals surface area contributed by atoms with E-state index in [2.05, 4.69) is 11.9 Å². The highest BCUT2D eigenvalue weighted by Gasteiger charge is 2.16. The Labute approximate surface area is 103 Å². The highest BCUT2D eigenvalue weighted by Crippen LogP contribution is 2.17. The fraction of sp³-hybridized carbons (Fsp3) is 0.400. The lowest BCUT2D eigenvalue weighted by molar-refractivity contribution is -0.121. The van der Waals surface area contributed by atoms with Gasteiger partial charge in [0.25, 0.3) is 0 Å². The molecule has 1 aliphatic carbocycles. The number of amides is 1. The standard InChI is InChI=1S/C15H19NO/c1-2-12-7-9-13(10-8-12)11-15(17)16-14-5-3-4-6-14/h2,7-10,14H,1,3-6,11H2,(H,16,17). The zero-order chi connectivity index (χ0) is 12.1. The second-order valence-electron chi connectivity index (χ2n) is 4.67. The molecule has 90 valence electrons. The third-order valence-corrected chi connectivity index (χ3v) is 3.30. The molecule has 1 aromatic rings. The van der Waals surface area contributed by atoms with Gasteiger partial charge in [-0.3, -0.25) is 4.79 Å². The summed E-state index contributed by atoms with van der Waals surface area (Å²) < 4.78 is 0. The molecular weight excluding hydrogens is 210 g/mol. The minimum atomic E-state index is 0.142. The molecule has 0 aromatic heterocycles. The van der Waals surface area contributed by atoms with Crippen molar-refractivity contribution in [2.45, 2.75) is 38.1 Å². The van der Waals surface area contributed by atoms with E-state index in [4.69, 9.17) is 0 Å². The van der Waals surface area contributed by atoms with Crippen molar-refractivity contribution in [2.75, 3.05) is 0 Å². The molecule has 0 saturated heterocycles. The maximum atomic E-state index is 11.8. The van der Waals surface area contributed by atoms with E-state index in [0.717, 1.165) is 24.0 Å². The number of hydrogen-bond acceptors (Lipinski definition) is 1. The zero-order valence-corrected chi connectivity index (χ0v) is 10.1. The van der Waals surface area contributed by atoms with E-state index >= 15 is 0 Å². The van der Waals surface area contributed by atoms with Crippen LogP contribution in [0, 0.1) is 0 Å². The molecule has 1 N–H and O–H groups in total. The van der Waals surface area contributed by atoms with Gasteiger partial charge in [0.05, 0.1) is 6.42 Å². The van der Waals surface area contributed by atoms with Crippen LogP contribution in [0.15, 0.2) is 30.8 Å². The second-order valence-corrected chi connectivity index (χ2v) is 4.67. The predicted molar refractivity (Wildman–Crippen MR) is 70.6 cm³/mol. The van der Waals surface area contributed by atoms with Gasteiger partial charge in [0.15, 0.2) is 0 Å². The molecule has 0 spiro atoms. The third kappa shape index (κ3) is 3.45. The summed E-state index contributed by atoms with van der Waals surface area (Å²) in [5.41, 5.74) is 2.15. The van der Waals surface area contributed by atoms with Gasteiger partial charge < -0.3 is 5.32 Å². The van der Waals surface area contributed by atoms with Gasteiger partial charge in [-0.25, -0.2) is 0 Å². The highest BCUT2D eigenvalue weighted by atomic mass is 16.1. The fourth-order valence-corrected chi connectivity index (χ4v) is 2.31. The van der Waals surface area contributed by atoms with Crippen LogP contribution in [0.3, 0.4) is 0 Å². The smallest absolute Gasteiger partial charge is 0.224 e. The van der Waals surface area contributed by atoms with Gasteiger partial charge in [-0.1, -0.05) is 49.8 Å². The van der Waals surface area contributed by atoms with E-state index in [0.29, 0.717) is 12.5 Å². The van der Waals surface area contributed by atoms with Crippen LogP contribution in [0.4, 0.5) is 0 Å². The van der Waals surface area contributed by atoms with Crippen LogP contribution >= 0.6 is 0 Å². The molecule has 2 heteroatoms. The topological polar surface area (TPSA) is 29.1 Å². The third-order valence-electron chi connectivity index (χ3n) is 3.30. The van der Waals surface area contributed by atoms with Crippen LogP contribution in [-0.2, 0) is 11.2 Å².